The zero-order valence-corrected chi connectivity index (χ0v) is 9.70. The Labute approximate surface area is 95.2 Å². The highest BCUT2D eigenvalue weighted by atomic mass is 16.6. The summed E-state index contributed by atoms with van der Waals surface area (Å²) in [6.07, 6.45) is 5.30. The highest BCUT2D eigenvalue weighted by molar-refractivity contribution is 5.04. The summed E-state index contributed by atoms with van der Waals surface area (Å²) in [5.74, 6) is 0. The Bertz CT molecular complexity index is 332. The minimum absolute atomic E-state index is 0.524. The first-order valence-corrected chi connectivity index (χ1v) is 5.91. The summed E-state index contributed by atoms with van der Waals surface area (Å²) in [5.41, 5.74) is 1.10. The molecule has 0 saturated heterocycles. The number of aliphatic hydroxyl groups is 1. The highest BCUT2D eigenvalue weighted by Gasteiger charge is 2.28. The first kappa shape index (κ1) is 11.5. The van der Waals surface area contributed by atoms with Gasteiger partial charge < -0.3 is 10.4 Å². The Morgan fingerprint density at radius 3 is 2.69 bits per heavy atom. The molecule has 2 N–H and O–H groups in total. The quantitative estimate of drug-likeness (QED) is 0.804. The van der Waals surface area contributed by atoms with E-state index >= 15 is 0 Å². The molecule has 1 aliphatic carbocycles. The van der Waals surface area contributed by atoms with Crippen LogP contribution in [-0.4, -0.2) is 27.6 Å². The molecule has 0 aliphatic heterocycles. The largest absolute Gasteiger partial charge is 0.389 e. The van der Waals surface area contributed by atoms with E-state index in [2.05, 4.69) is 20.3 Å². The van der Waals surface area contributed by atoms with Crippen LogP contribution in [0.2, 0.25) is 0 Å². The van der Waals surface area contributed by atoms with Gasteiger partial charge in [-0.2, -0.15) is 0 Å². The monoisotopic (exact) mass is 225 g/mol. The van der Waals surface area contributed by atoms with Crippen molar-refractivity contribution in [2.24, 2.45) is 0 Å². The van der Waals surface area contributed by atoms with Crippen molar-refractivity contribution >= 4 is 0 Å². The molecular weight excluding hydrogens is 206 g/mol. The molecule has 90 valence electrons. The van der Waals surface area contributed by atoms with Crippen LogP contribution in [0.3, 0.4) is 0 Å². The molecule has 0 bridgehead atoms. The maximum atomic E-state index is 10.2. The third-order valence-corrected chi connectivity index (χ3v) is 3.28. The van der Waals surface area contributed by atoms with E-state index in [9.17, 15) is 5.11 Å². The second-order valence-electron chi connectivity index (χ2n) is 4.68. The molecule has 0 aromatic carbocycles. The van der Waals surface area contributed by atoms with E-state index in [0.29, 0.717) is 13.1 Å². The average Bonchev–Trinajstić information content (AvgIpc) is 2.65. The first-order valence-electron chi connectivity index (χ1n) is 5.91. The van der Waals surface area contributed by atoms with E-state index in [1.165, 1.54) is 6.42 Å². The first-order chi connectivity index (χ1) is 7.70. The Morgan fingerprint density at radius 1 is 1.31 bits per heavy atom. The van der Waals surface area contributed by atoms with Crippen LogP contribution in [0.5, 0.6) is 0 Å². The van der Waals surface area contributed by atoms with Gasteiger partial charge in [-0.3, -0.25) is 0 Å². The van der Waals surface area contributed by atoms with Crippen LogP contribution >= 0.6 is 0 Å². The molecule has 1 aliphatic rings. The second kappa shape index (κ2) is 4.93. The fraction of sp³-hybridized carbons (Fsp3) is 0.818. The Hall–Kier alpha value is -0.940. The summed E-state index contributed by atoms with van der Waals surface area (Å²) < 4.78 is 4.61. The lowest BCUT2D eigenvalue weighted by atomic mass is 9.85. The van der Waals surface area contributed by atoms with Crippen molar-refractivity contribution in [3.63, 3.8) is 0 Å². The minimum Gasteiger partial charge on any atom is -0.389 e. The van der Waals surface area contributed by atoms with E-state index < -0.39 is 5.60 Å². The molecule has 5 heteroatoms. The summed E-state index contributed by atoms with van der Waals surface area (Å²) in [6.45, 7) is 3.10. The topological polar surface area (TPSA) is 71.2 Å². The van der Waals surface area contributed by atoms with Crippen LogP contribution in [0.1, 0.15) is 43.5 Å². The zero-order chi connectivity index (χ0) is 11.4. The van der Waals surface area contributed by atoms with E-state index in [-0.39, 0.29) is 0 Å². The summed E-state index contributed by atoms with van der Waals surface area (Å²) in [6, 6.07) is 0. The van der Waals surface area contributed by atoms with Crippen LogP contribution in [0.15, 0.2) is 4.63 Å². The van der Waals surface area contributed by atoms with Crippen LogP contribution < -0.4 is 5.32 Å². The van der Waals surface area contributed by atoms with Gasteiger partial charge in [-0.15, -0.1) is 0 Å². The number of nitrogens with one attached hydrogen (secondary N) is 1. The molecule has 0 atom stereocenters. The molecule has 0 spiro atoms. The van der Waals surface area contributed by atoms with Gasteiger partial charge in [0.15, 0.2) is 0 Å². The van der Waals surface area contributed by atoms with Gasteiger partial charge in [-0.1, -0.05) is 29.6 Å². The van der Waals surface area contributed by atoms with Gasteiger partial charge in [0.1, 0.15) is 11.4 Å². The van der Waals surface area contributed by atoms with Gasteiger partial charge in [-0.25, -0.2) is 4.63 Å². The lowest BCUT2D eigenvalue weighted by Gasteiger charge is -2.32. The predicted octanol–water partition coefficient (Wildman–Crippen LogP) is 1.16. The minimum atomic E-state index is -0.524. The molecule has 5 nitrogen and oxygen atoms in total. The van der Waals surface area contributed by atoms with Gasteiger partial charge >= 0.3 is 0 Å². The van der Waals surface area contributed by atoms with E-state index in [4.69, 9.17) is 0 Å². The van der Waals surface area contributed by atoms with Crippen molar-refractivity contribution in [1.82, 2.24) is 15.6 Å². The van der Waals surface area contributed by atoms with E-state index in [1.54, 1.807) is 0 Å². The number of hydrogen-bond acceptors (Lipinski definition) is 5. The van der Waals surface area contributed by atoms with Crippen LogP contribution in [0.25, 0.3) is 0 Å². The fourth-order valence-corrected chi connectivity index (χ4v) is 2.21. The zero-order valence-electron chi connectivity index (χ0n) is 9.70. The maximum Gasteiger partial charge on any atom is 0.121 e. The molecule has 2 rings (SSSR count). The summed E-state index contributed by atoms with van der Waals surface area (Å²) in [5, 5.41) is 21.0. The molecule has 1 saturated carbocycles. The molecule has 16 heavy (non-hydrogen) atoms. The molecule has 1 heterocycles. The van der Waals surface area contributed by atoms with Crippen molar-refractivity contribution in [2.45, 2.75) is 51.2 Å². The van der Waals surface area contributed by atoms with Crippen molar-refractivity contribution in [3.05, 3.63) is 11.4 Å². The highest BCUT2D eigenvalue weighted by Crippen LogP contribution is 2.27. The molecular formula is C11H19N3O2. The van der Waals surface area contributed by atoms with Crippen LogP contribution in [0, 0.1) is 6.92 Å². The Kier molecular flexibility index (Phi) is 3.56. The lowest BCUT2D eigenvalue weighted by Crippen LogP contribution is -2.42. The van der Waals surface area contributed by atoms with E-state index in [1.807, 2.05) is 6.92 Å². The number of rotatable bonds is 4. The van der Waals surface area contributed by atoms with Gasteiger partial charge in [0, 0.05) is 13.1 Å². The van der Waals surface area contributed by atoms with Gasteiger partial charge in [0.25, 0.3) is 0 Å². The smallest absolute Gasteiger partial charge is 0.121 e. The Morgan fingerprint density at radius 2 is 2.06 bits per heavy atom. The van der Waals surface area contributed by atoms with Gasteiger partial charge in [-0.05, 0) is 19.8 Å². The average molecular weight is 225 g/mol. The molecule has 0 amide bonds. The second-order valence-corrected chi connectivity index (χ2v) is 4.68. The third kappa shape index (κ3) is 2.80. The summed E-state index contributed by atoms with van der Waals surface area (Å²) >= 11 is 0. The third-order valence-electron chi connectivity index (χ3n) is 3.28. The van der Waals surface area contributed by atoms with Crippen molar-refractivity contribution < 1.29 is 9.74 Å². The normalized spacial score (nSPS) is 19.9. The predicted molar refractivity (Wildman–Crippen MR) is 58.8 cm³/mol. The number of hydrogen-bond donors (Lipinski definition) is 2. The number of aromatic nitrogens is 2. The summed E-state index contributed by atoms with van der Waals surface area (Å²) in [7, 11) is 0. The maximum absolute atomic E-state index is 10.2. The van der Waals surface area contributed by atoms with Gasteiger partial charge in [0.2, 0.25) is 0 Å². The van der Waals surface area contributed by atoms with E-state index in [0.717, 1.165) is 37.1 Å². The SMILES string of the molecule is Cc1nonc1CNCC1(O)CCCCC1. The summed E-state index contributed by atoms with van der Waals surface area (Å²) in [4.78, 5) is 0. The molecule has 1 aromatic rings. The van der Waals surface area contributed by atoms with Crippen molar-refractivity contribution in [1.29, 1.82) is 0 Å². The fourth-order valence-electron chi connectivity index (χ4n) is 2.21. The molecule has 0 radical (unpaired) electrons. The number of aryl methyl sites for hydroxylation is 1. The molecule has 1 aromatic heterocycles. The lowest BCUT2D eigenvalue weighted by molar-refractivity contribution is 0.00456. The number of nitrogens with zero attached hydrogens (tertiary/aromatic N) is 2. The molecule has 0 unspecified atom stereocenters. The van der Waals surface area contributed by atoms with Crippen LogP contribution in [0.4, 0.5) is 0 Å². The van der Waals surface area contributed by atoms with Crippen molar-refractivity contribution in [2.75, 3.05) is 6.54 Å². The van der Waals surface area contributed by atoms with Crippen molar-refractivity contribution in [3.8, 4) is 0 Å². The molecule has 1 fully saturated rings. The van der Waals surface area contributed by atoms with Gasteiger partial charge in [0.05, 0.1) is 5.60 Å². The standard InChI is InChI=1S/C11H19N3O2/c1-9-10(14-16-13-9)7-12-8-11(15)5-3-2-4-6-11/h12,15H,2-8H2,1H3. The Balaban J connectivity index is 1.77. The van der Waals surface area contributed by atoms with Crippen LogP contribution in [-0.2, 0) is 6.54 Å².